The zero-order chi connectivity index (χ0) is 16.3. The average Bonchev–Trinajstić information content (AvgIpc) is 2.46. The Balaban J connectivity index is 1.95. The van der Waals surface area contributed by atoms with Gasteiger partial charge >= 0.3 is 6.18 Å². The van der Waals surface area contributed by atoms with Crippen LogP contribution in [0.5, 0.6) is 0 Å². The molecule has 122 valence electrons. The number of benzene rings is 1. The van der Waals surface area contributed by atoms with Crippen LogP contribution in [-0.2, 0) is 6.18 Å². The molecular weight excluding hydrogens is 297 g/mol. The van der Waals surface area contributed by atoms with Crippen molar-refractivity contribution in [1.82, 2.24) is 9.80 Å². The molecule has 4 nitrogen and oxygen atoms in total. The number of hydrogen-bond acceptors (Lipinski definition) is 3. The van der Waals surface area contributed by atoms with Gasteiger partial charge in [0.25, 0.3) is 5.91 Å². The Morgan fingerprint density at radius 3 is 2.18 bits per heavy atom. The van der Waals surface area contributed by atoms with Crippen LogP contribution < -0.4 is 0 Å². The molecule has 0 radical (unpaired) electrons. The van der Waals surface area contributed by atoms with Crippen molar-refractivity contribution in [3.63, 3.8) is 0 Å². The highest BCUT2D eigenvalue weighted by Gasteiger charge is 2.30. The van der Waals surface area contributed by atoms with Gasteiger partial charge in [0, 0.05) is 38.3 Å². The highest BCUT2D eigenvalue weighted by atomic mass is 19.4. The summed E-state index contributed by atoms with van der Waals surface area (Å²) in [6.07, 6.45) is -4.81. The van der Waals surface area contributed by atoms with E-state index in [0.717, 1.165) is 12.1 Å². The highest BCUT2D eigenvalue weighted by molar-refractivity contribution is 5.94. The number of alkyl halides is 3. The van der Waals surface area contributed by atoms with E-state index in [-0.39, 0.29) is 11.5 Å². The molecule has 1 fully saturated rings. The second kappa shape index (κ2) is 6.66. The van der Waals surface area contributed by atoms with Crippen molar-refractivity contribution >= 4 is 5.91 Å². The van der Waals surface area contributed by atoms with Crippen molar-refractivity contribution < 1.29 is 23.1 Å². The van der Waals surface area contributed by atoms with E-state index in [4.69, 9.17) is 0 Å². The van der Waals surface area contributed by atoms with E-state index in [9.17, 15) is 23.1 Å². The normalized spacial score (nSPS) is 18.3. The summed E-state index contributed by atoms with van der Waals surface area (Å²) >= 11 is 0. The van der Waals surface area contributed by atoms with Crippen LogP contribution in [0.15, 0.2) is 24.3 Å². The molecule has 0 saturated carbocycles. The third kappa shape index (κ3) is 4.20. The number of rotatable bonds is 3. The van der Waals surface area contributed by atoms with Crippen LogP contribution in [-0.4, -0.2) is 59.6 Å². The zero-order valence-corrected chi connectivity index (χ0v) is 12.3. The molecular formula is C15H19F3N2O2. The van der Waals surface area contributed by atoms with Crippen molar-refractivity contribution in [2.24, 2.45) is 0 Å². The molecule has 1 aromatic carbocycles. The summed E-state index contributed by atoms with van der Waals surface area (Å²) < 4.78 is 37.5. The van der Waals surface area contributed by atoms with Crippen molar-refractivity contribution in [1.29, 1.82) is 0 Å². The second-order valence-electron chi connectivity index (χ2n) is 5.52. The third-order valence-corrected chi connectivity index (χ3v) is 3.64. The fourth-order valence-electron chi connectivity index (χ4n) is 2.49. The van der Waals surface area contributed by atoms with Gasteiger partial charge in [0.15, 0.2) is 0 Å². The summed E-state index contributed by atoms with van der Waals surface area (Å²) in [5, 5.41) is 9.34. The van der Waals surface area contributed by atoms with Crippen LogP contribution in [0, 0.1) is 0 Å². The maximum Gasteiger partial charge on any atom is 0.416 e. The molecule has 0 spiro atoms. The molecule has 0 aromatic heterocycles. The first-order valence-corrected chi connectivity index (χ1v) is 7.14. The monoisotopic (exact) mass is 316 g/mol. The molecule has 1 saturated heterocycles. The number of amides is 1. The SMILES string of the molecule is C[C@H](O)CN1CCN(C(=O)c2ccc(C(F)(F)F)cc2)CC1. The lowest BCUT2D eigenvalue weighted by Gasteiger charge is -2.35. The molecule has 7 heteroatoms. The summed E-state index contributed by atoms with van der Waals surface area (Å²) in [7, 11) is 0. The van der Waals surface area contributed by atoms with Crippen LogP contribution in [0.4, 0.5) is 13.2 Å². The molecule has 1 aliphatic heterocycles. The number of aliphatic hydroxyl groups excluding tert-OH is 1. The summed E-state index contributed by atoms with van der Waals surface area (Å²) in [6.45, 7) is 4.58. The minimum absolute atomic E-state index is 0.259. The molecule has 22 heavy (non-hydrogen) atoms. The van der Waals surface area contributed by atoms with Gasteiger partial charge in [-0.3, -0.25) is 9.69 Å². The molecule has 1 amide bonds. The minimum Gasteiger partial charge on any atom is -0.392 e. The Labute approximate surface area is 127 Å². The molecule has 0 unspecified atom stereocenters. The number of carbonyl (C=O) groups is 1. The van der Waals surface area contributed by atoms with Crippen LogP contribution in [0.25, 0.3) is 0 Å². The fourth-order valence-corrected chi connectivity index (χ4v) is 2.49. The lowest BCUT2D eigenvalue weighted by molar-refractivity contribution is -0.137. The van der Waals surface area contributed by atoms with Gasteiger partial charge in [0.2, 0.25) is 0 Å². The van der Waals surface area contributed by atoms with E-state index in [1.807, 2.05) is 0 Å². The van der Waals surface area contributed by atoms with E-state index >= 15 is 0 Å². The van der Waals surface area contributed by atoms with Crippen molar-refractivity contribution in [2.45, 2.75) is 19.2 Å². The Kier molecular flexibility index (Phi) is 5.08. The van der Waals surface area contributed by atoms with Gasteiger partial charge < -0.3 is 10.0 Å². The summed E-state index contributed by atoms with van der Waals surface area (Å²) in [5.74, 6) is -0.259. The smallest absolute Gasteiger partial charge is 0.392 e. The molecule has 1 heterocycles. The number of nitrogens with zero attached hydrogens (tertiary/aromatic N) is 2. The molecule has 1 aliphatic rings. The van der Waals surface area contributed by atoms with E-state index in [1.54, 1.807) is 11.8 Å². The first-order chi connectivity index (χ1) is 10.3. The lowest BCUT2D eigenvalue weighted by atomic mass is 10.1. The predicted molar refractivity (Wildman–Crippen MR) is 75.5 cm³/mol. The average molecular weight is 316 g/mol. The summed E-state index contributed by atoms with van der Waals surface area (Å²) in [5.41, 5.74) is -0.497. The molecule has 1 N–H and O–H groups in total. The number of piperazine rings is 1. The topological polar surface area (TPSA) is 43.8 Å². The number of hydrogen-bond donors (Lipinski definition) is 1. The van der Waals surface area contributed by atoms with Gasteiger partial charge in [0.1, 0.15) is 0 Å². The fraction of sp³-hybridized carbons (Fsp3) is 0.533. The number of halogens is 3. The Morgan fingerprint density at radius 1 is 1.18 bits per heavy atom. The van der Waals surface area contributed by atoms with Gasteiger partial charge in [-0.1, -0.05) is 0 Å². The van der Waals surface area contributed by atoms with Crippen molar-refractivity contribution in [3.05, 3.63) is 35.4 Å². The first-order valence-electron chi connectivity index (χ1n) is 7.14. The van der Waals surface area contributed by atoms with E-state index in [1.165, 1.54) is 12.1 Å². The highest BCUT2D eigenvalue weighted by Crippen LogP contribution is 2.29. The maximum absolute atomic E-state index is 12.5. The van der Waals surface area contributed by atoms with E-state index in [2.05, 4.69) is 4.90 Å². The van der Waals surface area contributed by atoms with Gasteiger partial charge in [0.05, 0.1) is 11.7 Å². The second-order valence-corrected chi connectivity index (χ2v) is 5.52. The van der Waals surface area contributed by atoms with Crippen molar-refractivity contribution in [2.75, 3.05) is 32.7 Å². The van der Waals surface area contributed by atoms with Crippen LogP contribution >= 0.6 is 0 Å². The van der Waals surface area contributed by atoms with Crippen LogP contribution in [0.2, 0.25) is 0 Å². The predicted octanol–water partition coefficient (Wildman–Crippen LogP) is 1.84. The Hall–Kier alpha value is -1.60. The molecule has 1 atom stereocenters. The quantitative estimate of drug-likeness (QED) is 0.925. The minimum atomic E-state index is -4.39. The number of carbonyl (C=O) groups excluding carboxylic acids is 1. The molecule has 0 bridgehead atoms. The van der Waals surface area contributed by atoms with Gasteiger partial charge in [-0.25, -0.2) is 0 Å². The van der Waals surface area contributed by atoms with Crippen LogP contribution in [0.1, 0.15) is 22.8 Å². The number of β-amino-alcohol motifs (C(OH)–C–C–N with tert-alkyl or cyclic N) is 1. The van der Waals surface area contributed by atoms with Crippen LogP contribution in [0.3, 0.4) is 0 Å². The molecule has 1 aromatic rings. The molecule has 2 rings (SSSR count). The number of aliphatic hydroxyl groups is 1. The third-order valence-electron chi connectivity index (χ3n) is 3.64. The Morgan fingerprint density at radius 2 is 1.73 bits per heavy atom. The lowest BCUT2D eigenvalue weighted by Crippen LogP contribution is -2.50. The standard InChI is InChI=1S/C15H19F3N2O2/c1-11(21)10-19-6-8-20(9-7-19)14(22)12-2-4-13(5-3-12)15(16,17)18/h2-5,11,21H,6-10H2,1H3/t11-/m0/s1. The largest absolute Gasteiger partial charge is 0.416 e. The van der Waals surface area contributed by atoms with Gasteiger partial charge in [-0.2, -0.15) is 13.2 Å². The van der Waals surface area contributed by atoms with E-state index in [0.29, 0.717) is 32.7 Å². The maximum atomic E-state index is 12.5. The summed E-state index contributed by atoms with van der Waals surface area (Å²) in [4.78, 5) is 15.9. The Bertz CT molecular complexity index is 507. The zero-order valence-electron chi connectivity index (χ0n) is 12.3. The van der Waals surface area contributed by atoms with Gasteiger partial charge in [-0.05, 0) is 31.2 Å². The van der Waals surface area contributed by atoms with Gasteiger partial charge in [-0.15, -0.1) is 0 Å². The first kappa shape index (κ1) is 16.8. The van der Waals surface area contributed by atoms with Crippen molar-refractivity contribution in [3.8, 4) is 0 Å². The summed E-state index contributed by atoms with van der Waals surface area (Å²) in [6, 6.07) is 4.29. The molecule has 0 aliphatic carbocycles. The van der Waals surface area contributed by atoms with E-state index < -0.39 is 17.8 Å².